The molecule has 1 aromatic rings. The zero-order chi connectivity index (χ0) is 12.7. The lowest BCUT2D eigenvalue weighted by atomic mass is 10.3. The Labute approximate surface area is 89.8 Å². The summed E-state index contributed by atoms with van der Waals surface area (Å²) in [6, 6.07) is 0. The monoisotopic (exact) mass is 252 g/mol. The van der Waals surface area contributed by atoms with E-state index in [4.69, 9.17) is 0 Å². The Bertz CT molecular complexity index is 510. The number of halogens is 3. The van der Waals surface area contributed by atoms with Crippen LogP contribution in [-0.2, 0) is 6.18 Å². The van der Waals surface area contributed by atoms with Crippen molar-refractivity contribution >= 4 is 8.24 Å². The van der Waals surface area contributed by atoms with E-state index in [0.29, 0.717) is 10.4 Å². The van der Waals surface area contributed by atoms with Gasteiger partial charge in [0.25, 0.3) is 5.56 Å². The van der Waals surface area contributed by atoms with E-state index in [1.54, 1.807) is 19.6 Å². The molecule has 90 valence electrons. The van der Waals surface area contributed by atoms with Gasteiger partial charge in [0.05, 0.1) is 0 Å². The molecule has 0 atom stereocenters. The van der Waals surface area contributed by atoms with Crippen LogP contribution in [0.5, 0.6) is 0 Å². The van der Waals surface area contributed by atoms with Crippen LogP contribution < -0.4 is 11.2 Å². The Kier molecular flexibility index (Phi) is 2.88. The number of nitrogens with zero attached hydrogens (tertiary/aromatic N) is 1. The van der Waals surface area contributed by atoms with Gasteiger partial charge in [0.2, 0.25) is 0 Å². The lowest BCUT2D eigenvalue weighted by Crippen LogP contribution is -2.52. The molecule has 0 fully saturated rings. The first-order chi connectivity index (χ1) is 7.05. The number of alkyl halides is 3. The normalized spacial score (nSPS) is 12.9. The van der Waals surface area contributed by atoms with Crippen LogP contribution >= 0.6 is 0 Å². The van der Waals surface area contributed by atoms with Gasteiger partial charge in [-0.25, -0.2) is 4.79 Å². The smallest absolute Gasteiger partial charge is 0.314 e. The van der Waals surface area contributed by atoms with Crippen molar-refractivity contribution in [3.05, 3.63) is 32.6 Å². The minimum atomic E-state index is -4.75. The van der Waals surface area contributed by atoms with Crippen LogP contribution in [0.2, 0.25) is 19.6 Å². The second-order valence-corrected chi connectivity index (χ2v) is 9.11. The summed E-state index contributed by atoms with van der Waals surface area (Å²) in [4.78, 5) is 24.8. The van der Waals surface area contributed by atoms with Crippen molar-refractivity contribution in [3.8, 4) is 0 Å². The molecule has 0 saturated carbocycles. The molecule has 0 spiro atoms. The third kappa shape index (κ3) is 2.26. The van der Waals surface area contributed by atoms with Crippen LogP contribution in [0.1, 0.15) is 5.56 Å². The summed E-state index contributed by atoms with van der Waals surface area (Å²) in [5.41, 5.74) is -3.40. The molecule has 0 aromatic carbocycles. The second-order valence-electron chi connectivity index (χ2n) is 4.32. The van der Waals surface area contributed by atoms with Crippen LogP contribution in [0.15, 0.2) is 15.8 Å². The Morgan fingerprint density at radius 2 is 1.75 bits per heavy atom. The van der Waals surface area contributed by atoms with E-state index in [0.717, 1.165) is 0 Å². The molecule has 8 heteroatoms. The van der Waals surface area contributed by atoms with E-state index in [9.17, 15) is 22.8 Å². The minimum absolute atomic E-state index is 0.418. The third-order valence-corrected chi connectivity index (χ3v) is 3.70. The Morgan fingerprint density at radius 1 is 1.25 bits per heavy atom. The molecular formula is C8H11F3N2O2Si. The number of hydrogen-bond donors (Lipinski definition) is 1. The van der Waals surface area contributed by atoms with Crippen molar-refractivity contribution in [1.29, 1.82) is 0 Å². The summed E-state index contributed by atoms with van der Waals surface area (Å²) in [6.45, 7) is 4.84. The Morgan fingerprint density at radius 3 is 2.12 bits per heavy atom. The van der Waals surface area contributed by atoms with Gasteiger partial charge in [-0.1, -0.05) is 19.6 Å². The van der Waals surface area contributed by atoms with Crippen LogP contribution in [0.4, 0.5) is 13.2 Å². The molecular weight excluding hydrogens is 241 g/mol. The van der Waals surface area contributed by atoms with Crippen LogP contribution in [0.25, 0.3) is 0 Å². The number of hydrogen-bond acceptors (Lipinski definition) is 2. The zero-order valence-electron chi connectivity index (χ0n) is 8.97. The molecule has 0 aliphatic carbocycles. The van der Waals surface area contributed by atoms with Gasteiger partial charge in [-0.3, -0.25) is 9.03 Å². The maximum Gasteiger partial charge on any atom is 0.423 e. The van der Waals surface area contributed by atoms with Gasteiger partial charge in [0.15, 0.2) is 8.24 Å². The van der Waals surface area contributed by atoms with Crippen molar-refractivity contribution < 1.29 is 13.2 Å². The number of rotatable bonds is 1. The predicted octanol–water partition coefficient (Wildman–Crippen LogP) is 1.24. The van der Waals surface area contributed by atoms with E-state index in [1.807, 2.05) is 4.98 Å². The number of aromatic amines is 1. The van der Waals surface area contributed by atoms with Gasteiger partial charge in [0.1, 0.15) is 5.56 Å². The highest BCUT2D eigenvalue weighted by atomic mass is 28.3. The summed E-state index contributed by atoms with van der Waals surface area (Å²) in [5, 5.41) is 0. The molecule has 0 radical (unpaired) electrons. The molecule has 0 amide bonds. The highest BCUT2D eigenvalue weighted by molar-refractivity contribution is 6.74. The molecule has 4 nitrogen and oxygen atoms in total. The first kappa shape index (κ1) is 12.8. The first-order valence-electron chi connectivity index (χ1n) is 4.47. The molecule has 0 unspecified atom stereocenters. The molecule has 1 heterocycles. The lowest BCUT2D eigenvalue weighted by molar-refractivity contribution is -0.139. The number of aromatic nitrogens is 2. The maximum absolute atomic E-state index is 12.4. The number of H-pyrrole nitrogens is 1. The topological polar surface area (TPSA) is 54.9 Å². The van der Waals surface area contributed by atoms with E-state index in [2.05, 4.69) is 0 Å². The highest BCUT2D eigenvalue weighted by Gasteiger charge is 2.36. The van der Waals surface area contributed by atoms with Crippen molar-refractivity contribution in [2.24, 2.45) is 0 Å². The molecule has 1 N–H and O–H groups in total. The fraction of sp³-hybridized carbons (Fsp3) is 0.500. The van der Waals surface area contributed by atoms with Gasteiger partial charge < -0.3 is 4.98 Å². The van der Waals surface area contributed by atoms with E-state index in [-0.39, 0.29) is 0 Å². The Hall–Kier alpha value is -1.31. The van der Waals surface area contributed by atoms with Gasteiger partial charge in [-0.15, -0.1) is 0 Å². The molecule has 0 aliphatic rings. The quantitative estimate of drug-likeness (QED) is 0.764. The molecule has 0 saturated heterocycles. The molecule has 0 bridgehead atoms. The average molecular weight is 252 g/mol. The molecule has 1 rings (SSSR count). The van der Waals surface area contributed by atoms with Crippen LogP contribution in [0, 0.1) is 0 Å². The number of nitrogens with one attached hydrogen (secondary N) is 1. The van der Waals surface area contributed by atoms with Crippen molar-refractivity contribution in [2.45, 2.75) is 25.8 Å². The van der Waals surface area contributed by atoms with Gasteiger partial charge in [-0.2, -0.15) is 13.2 Å². The van der Waals surface area contributed by atoms with Crippen molar-refractivity contribution in [2.75, 3.05) is 0 Å². The fourth-order valence-electron chi connectivity index (χ4n) is 1.29. The van der Waals surface area contributed by atoms with Gasteiger partial charge in [-0.05, 0) is 0 Å². The van der Waals surface area contributed by atoms with Crippen molar-refractivity contribution in [1.82, 2.24) is 9.22 Å². The summed E-state index contributed by atoms with van der Waals surface area (Å²) >= 11 is 0. The zero-order valence-corrected chi connectivity index (χ0v) is 9.97. The van der Waals surface area contributed by atoms with Crippen molar-refractivity contribution in [3.63, 3.8) is 0 Å². The summed E-state index contributed by atoms with van der Waals surface area (Å²) in [5.74, 6) is 0. The summed E-state index contributed by atoms with van der Waals surface area (Å²) < 4.78 is 38.0. The van der Waals surface area contributed by atoms with E-state index in [1.165, 1.54) is 0 Å². The van der Waals surface area contributed by atoms with E-state index >= 15 is 0 Å². The maximum atomic E-state index is 12.4. The van der Waals surface area contributed by atoms with Crippen LogP contribution in [0.3, 0.4) is 0 Å². The Balaban J connectivity index is 3.66. The highest BCUT2D eigenvalue weighted by Crippen LogP contribution is 2.25. The SMILES string of the molecule is C[Si](C)(C)n1c(=O)[nH]cc(C(F)(F)F)c1=O. The van der Waals surface area contributed by atoms with E-state index < -0.39 is 31.2 Å². The molecule has 1 aromatic heterocycles. The van der Waals surface area contributed by atoms with Gasteiger partial charge in [0, 0.05) is 6.20 Å². The first-order valence-corrected chi connectivity index (χ1v) is 7.92. The molecule has 0 aliphatic heterocycles. The summed E-state index contributed by atoms with van der Waals surface area (Å²) in [6.07, 6.45) is -4.33. The minimum Gasteiger partial charge on any atom is -0.314 e. The van der Waals surface area contributed by atoms with Crippen LogP contribution in [-0.4, -0.2) is 17.5 Å². The fourth-order valence-corrected chi connectivity index (χ4v) is 2.69. The molecule has 16 heavy (non-hydrogen) atoms. The lowest BCUT2D eigenvalue weighted by Gasteiger charge is -2.19. The summed E-state index contributed by atoms with van der Waals surface area (Å²) in [7, 11) is -2.47. The third-order valence-electron chi connectivity index (χ3n) is 1.95. The van der Waals surface area contributed by atoms with Gasteiger partial charge >= 0.3 is 11.9 Å². The predicted molar refractivity (Wildman–Crippen MR) is 55.1 cm³/mol. The standard InChI is InChI=1S/C8H11F3N2O2Si/c1-16(2,3)13-6(14)5(8(9,10)11)4-12-7(13)15/h4H,1-3H3,(H,12,15). The average Bonchev–Trinajstić information content (AvgIpc) is 1.97. The largest absolute Gasteiger partial charge is 0.423 e. The second kappa shape index (κ2) is 3.61.